The summed E-state index contributed by atoms with van der Waals surface area (Å²) in [6, 6.07) is 0. The summed E-state index contributed by atoms with van der Waals surface area (Å²) in [4.78, 5) is 9.02. The van der Waals surface area contributed by atoms with E-state index in [1.807, 2.05) is 6.92 Å². The molecular formula is C16H26N2. The standard InChI is InChI=1S/C16H26N2/c1-7-11(3)15-9-12(4)13(5)10-18-16(15)14(6)17-8-2/h8,10-13H,2,7,9H2,1,3-6H3/b17-14-/t11?,12?,13-/m0/s1. The first-order chi connectivity index (χ1) is 8.51. The molecule has 100 valence electrons. The van der Waals surface area contributed by atoms with Gasteiger partial charge in [0.05, 0.1) is 11.4 Å². The van der Waals surface area contributed by atoms with Gasteiger partial charge >= 0.3 is 0 Å². The van der Waals surface area contributed by atoms with E-state index in [1.54, 1.807) is 6.20 Å². The van der Waals surface area contributed by atoms with E-state index in [4.69, 9.17) is 4.99 Å². The van der Waals surface area contributed by atoms with Gasteiger partial charge in [-0.2, -0.15) is 0 Å². The van der Waals surface area contributed by atoms with E-state index in [-0.39, 0.29) is 0 Å². The van der Waals surface area contributed by atoms with E-state index >= 15 is 0 Å². The second-order valence-corrected chi connectivity index (χ2v) is 5.40. The summed E-state index contributed by atoms with van der Waals surface area (Å²) in [6.45, 7) is 14.8. The van der Waals surface area contributed by atoms with Gasteiger partial charge in [-0.05, 0) is 43.1 Å². The molecule has 1 rings (SSSR count). The zero-order valence-corrected chi connectivity index (χ0v) is 12.4. The first-order valence-corrected chi connectivity index (χ1v) is 6.94. The van der Waals surface area contributed by atoms with Crippen molar-refractivity contribution >= 4 is 11.9 Å². The lowest BCUT2D eigenvalue weighted by atomic mass is 9.84. The summed E-state index contributed by atoms with van der Waals surface area (Å²) in [7, 11) is 0. The minimum atomic E-state index is 0.526. The van der Waals surface area contributed by atoms with Gasteiger partial charge in [0, 0.05) is 12.4 Å². The molecule has 0 saturated heterocycles. The molecule has 0 bridgehead atoms. The third-order valence-electron chi connectivity index (χ3n) is 4.02. The Morgan fingerprint density at radius 2 is 2.28 bits per heavy atom. The fourth-order valence-electron chi connectivity index (χ4n) is 2.26. The first-order valence-electron chi connectivity index (χ1n) is 6.94. The van der Waals surface area contributed by atoms with E-state index in [9.17, 15) is 0 Å². The molecule has 2 heteroatoms. The smallest absolute Gasteiger partial charge is 0.0832 e. The lowest BCUT2D eigenvalue weighted by Crippen LogP contribution is -2.11. The molecule has 0 radical (unpaired) electrons. The summed E-state index contributed by atoms with van der Waals surface area (Å²) >= 11 is 0. The van der Waals surface area contributed by atoms with E-state index < -0.39 is 0 Å². The van der Waals surface area contributed by atoms with Crippen molar-refractivity contribution in [3.05, 3.63) is 24.0 Å². The fourth-order valence-corrected chi connectivity index (χ4v) is 2.26. The average molecular weight is 246 g/mol. The molecule has 0 fully saturated rings. The first kappa shape index (κ1) is 14.9. The molecule has 3 atom stereocenters. The van der Waals surface area contributed by atoms with Crippen molar-refractivity contribution in [2.45, 2.75) is 47.5 Å². The molecule has 1 aliphatic rings. The molecule has 0 amide bonds. The number of aliphatic imine (C=N–C) groups is 2. The quantitative estimate of drug-likeness (QED) is 0.646. The number of allylic oxidation sites excluding steroid dienone is 2. The SMILES string of the molecule is C=C/N=C(/C)C1=C(C(C)CC)CC(C)[C@@H](C)C=N1. The molecule has 0 aliphatic carbocycles. The zero-order valence-electron chi connectivity index (χ0n) is 12.4. The maximum atomic E-state index is 4.70. The van der Waals surface area contributed by atoms with Crippen LogP contribution in [0.3, 0.4) is 0 Å². The predicted octanol–water partition coefficient (Wildman–Crippen LogP) is 4.64. The van der Waals surface area contributed by atoms with Crippen LogP contribution in [-0.4, -0.2) is 11.9 Å². The van der Waals surface area contributed by atoms with Gasteiger partial charge in [-0.1, -0.05) is 34.3 Å². The fraction of sp³-hybridized carbons (Fsp3) is 0.625. The molecule has 0 spiro atoms. The molecule has 2 nitrogen and oxygen atoms in total. The topological polar surface area (TPSA) is 24.7 Å². The monoisotopic (exact) mass is 246 g/mol. The second-order valence-electron chi connectivity index (χ2n) is 5.40. The molecular weight excluding hydrogens is 220 g/mol. The van der Waals surface area contributed by atoms with Gasteiger partial charge in [-0.3, -0.25) is 9.98 Å². The molecule has 18 heavy (non-hydrogen) atoms. The molecule has 0 aromatic heterocycles. The highest BCUT2D eigenvalue weighted by Crippen LogP contribution is 2.32. The van der Waals surface area contributed by atoms with E-state index in [2.05, 4.69) is 45.5 Å². The Morgan fingerprint density at radius 1 is 1.61 bits per heavy atom. The number of rotatable bonds is 4. The van der Waals surface area contributed by atoms with Crippen LogP contribution in [0.4, 0.5) is 0 Å². The lowest BCUT2D eigenvalue weighted by molar-refractivity contribution is 0.462. The van der Waals surface area contributed by atoms with Crippen LogP contribution in [0.1, 0.15) is 47.5 Å². The van der Waals surface area contributed by atoms with E-state index in [1.165, 1.54) is 5.57 Å². The Bertz CT molecular complexity index is 388. The Balaban J connectivity index is 3.24. The van der Waals surface area contributed by atoms with Crippen LogP contribution in [0, 0.1) is 17.8 Å². The van der Waals surface area contributed by atoms with Gasteiger partial charge in [-0.25, -0.2) is 0 Å². The number of hydrogen-bond acceptors (Lipinski definition) is 2. The molecule has 0 N–H and O–H groups in total. The summed E-state index contributed by atoms with van der Waals surface area (Å²) in [5, 5.41) is 0. The van der Waals surface area contributed by atoms with Crippen LogP contribution >= 0.6 is 0 Å². The van der Waals surface area contributed by atoms with Crippen LogP contribution in [-0.2, 0) is 0 Å². The molecule has 0 aromatic rings. The van der Waals surface area contributed by atoms with Crippen LogP contribution in [0.5, 0.6) is 0 Å². The van der Waals surface area contributed by atoms with Crippen LogP contribution in [0.25, 0.3) is 0 Å². The van der Waals surface area contributed by atoms with Gasteiger partial charge in [-0.15, -0.1) is 0 Å². The molecule has 1 aliphatic heterocycles. The molecule has 1 heterocycles. The highest BCUT2D eigenvalue weighted by Gasteiger charge is 2.22. The largest absolute Gasteiger partial charge is 0.260 e. The van der Waals surface area contributed by atoms with Crippen molar-refractivity contribution in [1.82, 2.24) is 0 Å². The van der Waals surface area contributed by atoms with Crippen molar-refractivity contribution in [2.75, 3.05) is 0 Å². The van der Waals surface area contributed by atoms with Gasteiger partial charge in [0.1, 0.15) is 0 Å². The van der Waals surface area contributed by atoms with E-state index in [0.29, 0.717) is 17.8 Å². The summed E-state index contributed by atoms with van der Waals surface area (Å²) in [6.07, 6.45) is 5.95. The van der Waals surface area contributed by atoms with Gasteiger partial charge in [0.15, 0.2) is 0 Å². The highest BCUT2D eigenvalue weighted by atomic mass is 14.8. The van der Waals surface area contributed by atoms with Crippen molar-refractivity contribution in [3.8, 4) is 0 Å². The van der Waals surface area contributed by atoms with Crippen molar-refractivity contribution < 1.29 is 0 Å². The van der Waals surface area contributed by atoms with Gasteiger partial charge < -0.3 is 0 Å². The Morgan fingerprint density at radius 3 is 2.83 bits per heavy atom. The molecule has 0 saturated carbocycles. The maximum absolute atomic E-state index is 4.70. The van der Waals surface area contributed by atoms with Crippen LogP contribution in [0.2, 0.25) is 0 Å². The normalized spacial score (nSPS) is 27.1. The Labute approximate surface area is 112 Å². The molecule has 2 unspecified atom stereocenters. The minimum Gasteiger partial charge on any atom is -0.260 e. The third-order valence-corrected chi connectivity index (χ3v) is 4.02. The van der Waals surface area contributed by atoms with Crippen molar-refractivity contribution in [3.63, 3.8) is 0 Å². The zero-order chi connectivity index (χ0) is 13.7. The van der Waals surface area contributed by atoms with Gasteiger partial charge in [0.2, 0.25) is 0 Å². The highest BCUT2D eigenvalue weighted by molar-refractivity contribution is 6.00. The number of hydrogen-bond donors (Lipinski definition) is 0. The second kappa shape index (κ2) is 6.67. The van der Waals surface area contributed by atoms with Crippen molar-refractivity contribution in [2.24, 2.45) is 27.7 Å². The van der Waals surface area contributed by atoms with Crippen molar-refractivity contribution in [1.29, 1.82) is 0 Å². The summed E-state index contributed by atoms with van der Waals surface area (Å²) < 4.78 is 0. The Kier molecular flexibility index (Phi) is 5.52. The van der Waals surface area contributed by atoms with Crippen LogP contribution in [0.15, 0.2) is 34.0 Å². The number of nitrogens with zero attached hydrogens (tertiary/aromatic N) is 2. The van der Waals surface area contributed by atoms with Crippen LogP contribution < -0.4 is 0 Å². The third kappa shape index (κ3) is 3.41. The Hall–Kier alpha value is -1.18. The average Bonchev–Trinajstić information content (AvgIpc) is 2.49. The lowest BCUT2D eigenvalue weighted by Gasteiger charge is -2.20. The van der Waals surface area contributed by atoms with E-state index in [0.717, 1.165) is 24.3 Å². The molecule has 0 aromatic carbocycles. The predicted molar refractivity (Wildman–Crippen MR) is 81.2 cm³/mol. The summed E-state index contributed by atoms with van der Waals surface area (Å²) in [5.41, 5.74) is 3.52. The summed E-state index contributed by atoms with van der Waals surface area (Å²) in [5.74, 6) is 1.74. The maximum Gasteiger partial charge on any atom is 0.0832 e. The van der Waals surface area contributed by atoms with Gasteiger partial charge in [0.25, 0.3) is 0 Å². The minimum absolute atomic E-state index is 0.526.